The number of hydrogen-bond acceptors (Lipinski definition) is 6. The molecule has 4 aliphatic rings. The van der Waals surface area contributed by atoms with Crippen LogP contribution in [0.5, 0.6) is 5.75 Å². The number of aryl methyl sites for hydroxylation is 1. The lowest BCUT2D eigenvalue weighted by Gasteiger charge is -2.51. The van der Waals surface area contributed by atoms with Gasteiger partial charge in [0.2, 0.25) is 0 Å². The average molecular weight is 371 g/mol. The molecule has 5 heterocycles. The third-order valence-electron chi connectivity index (χ3n) is 6.54. The Balaban J connectivity index is 1.50. The molecule has 1 aromatic carbocycles. The van der Waals surface area contributed by atoms with Gasteiger partial charge in [-0.1, -0.05) is 18.2 Å². The number of aromatic nitrogens is 2. The predicted octanol–water partition coefficient (Wildman–Crippen LogP) is 2.92. The Bertz CT molecular complexity index is 786. The molecule has 3 atom stereocenters. The summed E-state index contributed by atoms with van der Waals surface area (Å²) in [5, 5.41) is 10.8. The highest BCUT2D eigenvalue weighted by Gasteiger charge is 2.53. The number of methoxy groups -OCH3 is 1. The lowest BCUT2D eigenvalue weighted by molar-refractivity contribution is -0.00884. The van der Waals surface area contributed by atoms with Crippen molar-refractivity contribution in [1.82, 2.24) is 20.0 Å². The van der Waals surface area contributed by atoms with Crippen molar-refractivity contribution in [3.8, 4) is 5.75 Å². The summed E-state index contributed by atoms with van der Waals surface area (Å²) in [6.45, 7) is 6.57. The van der Waals surface area contributed by atoms with Crippen molar-refractivity contribution in [2.24, 2.45) is 5.92 Å². The highest BCUT2D eigenvalue weighted by molar-refractivity contribution is 7.11. The van der Waals surface area contributed by atoms with Crippen molar-refractivity contribution < 1.29 is 4.74 Å². The summed E-state index contributed by atoms with van der Waals surface area (Å²) >= 11 is 1.74. The molecule has 4 fully saturated rings. The van der Waals surface area contributed by atoms with Crippen LogP contribution in [0, 0.1) is 12.8 Å². The fraction of sp³-hybridized carbons (Fsp3) is 0.600. The number of piperidine rings is 3. The zero-order valence-electron chi connectivity index (χ0n) is 15.5. The molecule has 1 aromatic heterocycles. The predicted molar refractivity (Wildman–Crippen MR) is 103 cm³/mol. The molecular formula is C20H26N4OS. The van der Waals surface area contributed by atoms with Crippen molar-refractivity contribution >= 4 is 11.3 Å². The number of hydrogen-bond donors (Lipinski definition) is 0. The minimum Gasteiger partial charge on any atom is -0.496 e. The number of benzene rings is 1. The van der Waals surface area contributed by atoms with E-state index in [-0.39, 0.29) is 0 Å². The van der Waals surface area contributed by atoms with Gasteiger partial charge < -0.3 is 4.74 Å². The number of ether oxygens (including phenoxy) is 1. The first-order valence-electron chi connectivity index (χ1n) is 9.64. The molecule has 0 aliphatic carbocycles. The van der Waals surface area contributed by atoms with Gasteiger partial charge in [0, 0.05) is 30.1 Å². The van der Waals surface area contributed by atoms with Gasteiger partial charge in [-0.2, -0.15) is 0 Å². The van der Waals surface area contributed by atoms with Gasteiger partial charge in [0.1, 0.15) is 15.8 Å². The molecule has 4 saturated heterocycles. The van der Waals surface area contributed by atoms with Gasteiger partial charge in [-0.15, -0.1) is 21.5 Å². The van der Waals surface area contributed by atoms with Crippen molar-refractivity contribution in [3.05, 3.63) is 39.8 Å². The summed E-state index contributed by atoms with van der Waals surface area (Å²) < 4.78 is 5.72. The third kappa shape index (κ3) is 2.66. The molecule has 0 N–H and O–H groups in total. The Labute approximate surface area is 159 Å². The number of likely N-dealkylation sites (tertiary alicyclic amines) is 1. The summed E-state index contributed by atoms with van der Waals surface area (Å²) in [5.41, 5.74) is 1.37. The number of rotatable bonds is 4. The van der Waals surface area contributed by atoms with Gasteiger partial charge in [0.25, 0.3) is 0 Å². The van der Waals surface area contributed by atoms with Crippen LogP contribution in [0.25, 0.3) is 0 Å². The topological polar surface area (TPSA) is 41.5 Å². The van der Waals surface area contributed by atoms with Crippen LogP contribution < -0.4 is 4.74 Å². The minimum absolute atomic E-state index is 0.508. The molecule has 0 saturated carbocycles. The second-order valence-electron chi connectivity index (χ2n) is 7.85. The summed E-state index contributed by atoms with van der Waals surface area (Å²) in [4.78, 5) is 5.44. The fourth-order valence-electron chi connectivity index (χ4n) is 5.54. The minimum atomic E-state index is 0.508. The maximum atomic E-state index is 5.72. The average Bonchev–Trinajstić information content (AvgIpc) is 3.28. The second kappa shape index (κ2) is 6.59. The van der Waals surface area contributed by atoms with E-state index in [1.165, 1.54) is 31.5 Å². The molecule has 26 heavy (non-hydrogen) atoms. The standard InChI is InChI=1S/C20H26N4OS/c1-13-21-22-18(26-13)12-24-11-16(15-5-3-4-6-17(15)25-2)20-19(24)14-7-9-23(20)10-8-14/h3-6,14,16,19-20H,7-12H2,1-2H3/t16-,19+,20+/m1/s1. The van der Waals surface area contributed by atoms with E-state index >= 15 is 0 Å². The Morgan fingerprint density at radius 3 is 2.69 bits per heavy atom. The number of fused-ring (bicyclic) bond motifs is 2. The first kappa shape index (κ1) is 16.7. The normalized spacial score (nSPS) is 33.4. The highest BCUT2D eigenvalue weighted by atomic mass is 32.1. The molecule has 0 amide bonds. The van der Waals surface area contributed by atoms with E-state index in [1.807, 2.05) is 6.92 Å². The molecular weight excluding hydrogens is 344 g/mol. The van der Waals surface area contributed by atoms with Crippen LogP contribution in [-0.4, -0.2) is 58.8 Å². The summed E-state index contributed by atoms with van der Waals surface area (Å²) in [5.74, 6) is 2.36. The quantitative estimate of drug-likeness (QED) is 0.828. The van der Waals surface area contributed by atoms with E-state index in [9.17, 15) is 0 Å². The van der Waals surface area contributed by atoms with Crippen LogP contribution in [0.3, 0.4) is 0 Å². The van der Waals surface area contributed by atoms with Gasteiger partial charge in [0.15, 0.2) is 0 Å². The van der Waals surface area contributed by atoms with Crippen molar-refractivity contribution in [1.29, 1.82) is 0 Å². The van der Waals surface area contributed by atoms with E-state index in [2.05, 4.69) is 44.3 Å². The van der Waals surface area contributed by atoms with Crippen LogP contribution in [0.4, 0.5) is 0 Å². The molecule has 4 aliphatic heterocycles. The van der Waals surface area contributed by atoms with Gasteiger partial charge in [-0.3, -0.25) is 9.80 Å². The van der Waals surface area contributed by atoms with Crippen LogP contribution in [0.15, 0.2) is 24.3 Å². The molecule has 0 spiro atoms. The first-order chi connectivity index (χ1) is 12.7. The van der Waals surface area contributed by atoms with E-state index in [4.69, 9.17) is 4.74 Å². The van der Waals surface area contributed by atoms with Crippen LogP contribution in [0.2, 0.25) is 0 Å². The summed E-state index contributed by atoms with van der Waals surface area (Å²) in [7, 11) is 1.79. The first-order valence-corrected chi connectivity index (χ1v) is 10.5. The molecule has 138 valence electrons. The molecule has 5 nitrogen and oxygen atoms in total. The third-order valence-corrected chi connectivity index (χ3v) is 7.36. The second-order valence-corrected chi connectivity index (χ2v) is 9.11. The fourth-order valence-corrected chi connectivity index (χ4v) is 6.28. The molecule has 0 radical (unpaired) electrons. The lowest BCUT2D eigenvalue weighted by atomic mass is 9.75. The van der Waals surface area contributed by atoms with Crippen molar-refractivity contribution in [2.75, 3.05) is 26.7 Å². The van der Waals surface area contributed by atoms with E-state index in [0.29, 0.717) is 18.0 Å². The Morgan fingerprint density at radius 2 is 1.96 bits per heavy atom. The number of nitrogens with zero attached hydrogens (tertiary/aromatic N) is 4. The molecule has 6 heteroatoms. The monoisotopic (exact) mass is 370 g/mol. The molecule has 2 aromatic rings. The smallest absolute Gasteiger partial charge is 0.131 e. The van der Waals surface area contributed by atoms with Crippen molar-refractivity contribution in [3.63, 3.8) is 0 Å². The van der Waals surface area contributed by atoms with Crippen LogP contribution in [0.1, 0.15) is 34.3 Å². The van der Waals surface area contributed by atoms with E-state index in [1.54, 1.807) is 18.4 Å². The Hall–Kier alpha value is -1.50. The van der Waals surface area contributed by atoms with Gasteiger partial charge >= 0.3 is 0 Å². The van der Waals surface area contributed by atoms with E-state index in [0.717, 1.165) is 34.8 Å². The number of para-hydroxylation sites is 1. The summed E-state index contributed by atoms with van der Waals surface area (Å²) in [6.07, 6.45) is 2.68. The maximum Gasteiger partial charge on any atom is 0.131 e. The molecule has 0 unspecified atom stereocenters. The van der Waals surface area contributed by atoms with Crippen LogP contribution in [-0.2, 0) is 6.54 Å². The maximum absolute atomic E-state index is 5.72. The lowest BCUT2D eigenvalue weighted by Crippen LogP contribution is -2.60. The van der Waals surface area contributed by atoms with Crippen LogP contribution >= 0.6 is 11.3 Å². The van der Waals surface area contributed by atoms with Gasteiger partial charge in [-0.25, -0.2) is 0 Å². The zero-order chi connectivity index (χ0) is 17.7. The Kier molecular flexibility index (Phi) is 4.22. The summed E-state index contributed by atoms with van der Waals surface area (Å²) in [6, 6.07) is 9.84. The van der Waals surface area contributed by atoms with Gasteiger partial charge in [-0.05, 0) is 44.8 Å². The molecule has 2 bridgehead atoms. The van der Waals surface area contributed by atoms with Crippen molar-refractivity contribution in [2.45, 2.75) is 44.3 Å². The highest BCUT2D eigenvalue weighted by Crippen LogP contribution is 2.48. The van der Waals surface area contributed by atoms with Gasteiger partial charge in [0.05, 0.1) is 13.7 Å². The van der Waals surface area contributed by atoms with E-state index < -0.39 is 0 Å². The largest absolute Gasteiger partial charge is 0.496 e. The SMILES string of the molecule is COc1ccccc1[C@H]1CN(Cc2nnc(C)s2)[C@H]2C3CCN(CC3)[C@@H]12. The molecule has 6 rings (SSSR count). The Morgan fingerprint density at radius 1 is 1.15 bits per heavy atom. The zero-order valence-corrected chi connectivity index (χ0v) is 16.3.